The monoisotopic (exact) mass is 251 g/mol. The lowest BCUT2D eigenvalue weighted by atomic mass is 10.0. The van der Waals surface area contributed by atoms with Crippen LogP contribution in [0.15, 0.2) is 18.3 Å². The minimum absolute atomic E-state index is 0.112. The zero-order valence-electron chi connectivity index (χ0n) is 11.3. The van der Waals surface area contributed by atoms with Crippen molar-refractivity contribution in [2.45, 2.75) is 19.4 Å². The normalized spacial score (nSPS) is 11.4. The number of nitrogens with one attached hydrogen (secondary N) is 2. The van der Waals surface area contributed by atoms with Crippen LogP contribution in [0.25, 0.3) is 0 Å². The summed E-state index contributed by atoms with van der Waals surface area (Å²) in [6, 6.07) is 3.30. The second-order valence-electron chi connectivity index (χ2n) is 4.96. The van der Waals surface area contributed by atoms with Crippen LogP contribution in [0.1, 0.15) is 24.3 Å². The highest BCUT2D eigenvalue weighted by Crippen LogP contribution is 2.09. The lowest BCUT2D eigenvalue weighted by Gasteiger charge is -2.32. The van der Waals surface area contributed by atoms with E-state index in [1.807, 2.05) is 14.1 Å². The molecular weight excluding hydrogens is 230 g/mol. The first-order valence-corrected chi connectivity index (χ1v) is 5.75. The van der Waals surface area contributed by atoms with Crippen LogP contribution in [0.2, 0.25) is 0 Å². The average molecular weight is 251 g/mol. The van der Waals surface area contributed by atoms with Gasteiger partial charge in [-0.2, -0.15) is 0 Å². The summed E-state index contributed by atoms with van der Waals surface area (Å²) in [6.07, 6.45) is 1.54. The van der Waals surface area contributed by atoms with Crippen molar-refractivity contribution in [2.75, 3.05) is 26.1 Å². The van der Waals surface area contributed by atoms with Gasteiger partial charge in [0.1, 0.15) is 5.69 Å². The third-order valence-electron chi connectivity index (χ3n) is 3.05. The Kier molecular flexibility index (Phi) is 4.63. The molecule has 0 saturated heterocycles. The summed E-state index contributed by atoms with van der Waals surface area (Å²) in [5, 5.41) is 2.86. The van der Waals surface area contributed by atoms with E-state index in [4.69, 9.17) is 5.84 Å². The molecule has 0 aliphatic rings. The van der Waals surface area contributed by atoms with Gasteiger partial charge in [-0.05, 0) is 40.1 Å². The molecule has 1 aromatic rings. The van der Waals surface area contributed by atoms with E-state index >= 15 is 0 Å². The smallest absolute Gasteiger partial charge is 0.270 e. The summed E-state index contributed by atoms with van der Waals surface area (Å²) >= 11 is 0. The van der Waals surface area contributed by atoms with Gasteiger partial charge in [-0.15, -0.1) is 0 Å². The number of hydrogen-bond acceptors (Lipinski definition) is 5. The molecule has 0 aromatic carbocycles. The molecule has 0 aliphatic carbocycles. The van der Waals surface area contributed by atoms with Crippen molar-refractivity contribution in [3.05, 3.63) is 24.0 Å². The Bertz CT molecular complexity index is 417. The van der Waals surface area contributed by atoms with Gasteiger partial charge in [0.15, 0.2) is 0 Å². The largest absolute Gasteiger partial charge is 0.349 e. The lowest BCUT2D eigenvalue weighted by Crippen LogP contribution is -2.48. The first-order valence-electron chi connectivity index (χ1n) is 5.75. The molecule has 100 valence electrons. The van der Waals surface area contributed by atoms with Crippen molar-refractivity contribution in [3.63, 3.8) is 0 Å². The lowest BCUT2D eigenvalue weighted by molar-refractivity contribution is 0.0915. The average Bonchev–Trinajstić information content (AvgIpc) is 2.36. The number of carbonyl (C=O) groups is 1. The van der Waals surface area contributed by atoms with E-state index in [2.05, 4.69) is 34.5 Å². The molecule has 1 heterocycles. The highest BCUT2D eigenvalue weighted by atomic mass is 16.1. The number of likely N-dealkylation sites (N-methyl/N-ethyl adjacent to an activating group) is 1. The summed E-state index contributed by atoms with van der Waals surface area (Å²) < 4.78 is 0. The molecule has 1 aromatic heterocycles. The first-order chi connectivity index (χ1) is 8.36. The maximum Gasteiger partial charge on any atom is 0.270 e. The van der Waals surface area contributed by atoms with Gasteiger partial charge >= 0.3 is 0 Å². The second kappa shape index (κ2) is 5.79. The molecule has 1 amide bonds. The zero-order chi connectivity index (χ0) is 13.8. The highest BCUT2D eigenvalue weighted by molar-refractivity contribution is 5.93. The number of carbonyl (C=O) groups excluding carboxylic acids is 1. The van der Waals surface area contributed by atoms with Crippen molar-refractivity contribution in [3.8, 4) is 0 Å². The van der Waals surface area contributed by atoms with E-state index in [9.17, 15) is 4.79 Å². The molecule has 0 radical (unpaired) electrons. The molecule has 0 atom stereocenters. The Balaban J connectivity index is 2.66. The van der Waals surface area contributed by atoms with Crippen molar-refractivity contribution in [1.29, 1.82) is 0 Å². The Morgan fingerprint density at radius 2 is 2.17 bits per heavy atom. The number of pyridine rings is 1. The van der Waals surface area contributed by atoms with Gasteiger partial charge in [-0.25, -0.2) is 0 Å². The highest BCUT2D eigenvalue weighted by Gasteiger charge is 2.21. The molecule has 6 nitrogen and oxygen atoms in total. The van der Waals surface area contributed by atoms with Gasteiger partial charge in [0.05, 0.1) is 5.69 Å². The maximum atomic E-state index is 11.9. The Morgan fingerprint density at radius 1 is 1.50 bits per heavy atom. The SMILES string of the molecule is CN(C)C(C)(C)CNC(=O)c1cc(NN)ccn1. The number of aromatic nitrogens is 1. The van der Waals surface area contributed by atoms with Gasteiger partial charge in [-0.1, -0.05) is 0 Å². The van der Waals surface area contributed by atoms with Crippen LogP contribution in [0.4, 0.5) is 5.69 Å². The molecule has 0 unspecified atom stereocenters. The first kappa shape index (κ1) is 14.4. The third-order valence-corrected chi connectivity index (χ3v) is 3.05. The van der Waals surface area contributed by atoms with Crippen molar-refractivity contribution in [1.82, 2.24) is 15.2 Å². The predicted octanol–water partition coefficient (Wildman–Crippen LogP) is 0.437. The number of hydrogen-bond donors (Lipinski definition) is 3. The maximum absolute atomic E-state index is 11.9. The molecule has 6 heteroatoms. The van der Waals surface area contributed by atoms with E-state index in [0.29, 0.717) is 17.9 Å². The van der Waals surface area contributed by atoms with Crippen molar-refractivity contribution in [2.24, 2.45) is 5.84 Å². The van der Waals surface area contributed by atoms with E-state index in [0.717, 1.165) is 0 Å². The van der Waals surface area contributed by atoms with Gasteiger partial charge in [0, 0.05) is 18.3 Å². The quantitative estimate of drug-likeness (QED) is 0.522. The summed E-state index contributed by atoms with van der Waals surface area (Å²) in [5.74, 6) is 5.08. The molecule has 1 rings (SSSR count). The minimum Gasteiger partial charge on any atom is -0.349 e. The number of anilines is 1. The Hall–Kier alpha value is -1.66. The zero-order valence-corrected chi connectivity index (χ0v) is 11.3. The molecule has 0 aliphatic heterocycles. The summed E-state index contributed by atoms with van der Waals surface area (Å²) in [7, 11) is 3.95. The number of hydrazine groups is 1. The molecule has 4 N–H and O–H groups in total. The standard InChI is InChI=1S/C12H21N5O/c1-12(2,17(3)4)8-15-11(18)10-7-9(16-13)5-6-14-10/h5-7H,8,13H2,1-4H3,(H,14,16)(H,15,18). The van der Waals surface area contributed by atoms with Crippen LogP contribution < -0.4 is 16.6 Å². The second-order valence-corrected chi connectivity index (χ2v) is 4.96. The van der Waals surface area contributed by atoms with Gasteiger partial charge in [-0.3, -0.25) is 15.6 Å². The van der Waals surface area contributed by atoms with Crippen molar-refractivity contribution >= 4 is 11.6 Å². The van der Waals surface area contributed by atoms with Crippen LogP contribution in [-0.4, -0.2) is 42.0 Å². The molecule has 0 fully saturated rings. The number of nitrogens with two attached hydrogens (primary N) is 1. The summed E-state index contributed by atoms with van der Waals surface area (Å²) in [4.78, 5) is 18.0. The van der Waals surface area contributed by atoms with Crippen LogP contribution in [0, 0.1) is 0 Å². The number of amides is 1. The van der Waals surface area contributed by atoms with E-state index in [-0.39, 0.29) is 11.4 Å². The number of nitrogen functional groups attached to an aromatic ring is 1. The molecular formula is C12H21N5O. The van der Waals surface area contributed by atoms with Gasteiger partial charge in [0.2, 0.25) is 0 Å². The summed E-state index contributed by atoms with van der Waals surface area (Å²) in [6.45, 7) is 4.65. The molecule has 0 spiro atoms. The number of rotatable bonds is 5. The minimum atomic E-state index is -0.206. The Morgan fingerprint density at radius 3 is 2.72 bits per heavy atom. The topological polar surface area (TPSA) is 83.3 Å². The third kappa shape index (κ3) is 3.68. The van der Waals surface area contributed by atoms with E-state index in [1.54, 1.807) is 18.3 Å². The fourth-order valence-electron chi connectivity index (χ4n) is 1.19. The molecule has 0 saturated carbocycles. The van der Waals surface area contributed by atoms with Gasteiger partial charge < -0.3 is 15.6 Å². The Labute approximate surface area is 108 Å². The summed E-state index contributed by atoms with van der Waals surface area (Å²) in [5.41, 5.74) is 3.37. The van der Waals surface area contributed by atoms with Crippen LogP contribution in [0.5, 0.6) is 0 Å². The number of nitrogens with zero attached hydrogens (tertiary/aromatic N) is 2. The fraction of sp³-hybridized carbons (Fsp3) is 0.500. The predicted molar refractivity (Wildman–Crippen MR) is 72.1 cm³/mol. The van der Waals surface area contributed by atoms with E-state index in [1.165, 1.54) is 0 Å². The van der Waals surface area contributed by atoms with Crippen LogP contribution >= 0.6 is 0 Å². The van der Waals surface area contributed by atoms with Crippen LogP contribution in [0.3, 0.4) is 0 Å². The molecule has 0 bridgehead atoms. The van der Waals surface area contributed by atoms with E-state index < -0.39 is 0 Å². The van der Waals surface area contributed by atoms with Crippen LogP contribution in [-0.2, 0) is 0 Å². The van der Waals surface area contributed by atoms with Gasteiger partial charge in [0.25, 0.3) is 5.91 Å². The van der Waals surface area contributed by atoms with Crippen molar-refractivity contribution < 1.29 is 4.79 Å². The molecule has 18 heavy (non-hydrogen) atoms. The fourth-order valence-corrected chi connectivity index (χ4v) is 1.19.